The third-order valence-corrected chi connectivity index (χ3v) is 4.98. The number of amides is 1. The maximum absolute atomic E-state index is 12.0. The fourth-order valence-electron chi connectivity index (χ4n) is 2.37. The van der Waals surface area contributed by atoms with E-state index in [9.17, 15) is 13.2 Å². The summed E-state index contributed by atoms with van der Waals surface area (Å²) in [5, 5.41) is 9.07. The first-order valence-electron chi connectivity index (χ1n) is 6.23. The van der Waals surface area contributed by atoms with Gasteiger partial charge in [-0.3, -0.25) is 4.79 Å². The summed E-state index contributed by atoms with van der Waals surface area (Å²) < 4.78 is 22.0. The van der Waals surface area contributed by atoms with Gasteiger partial charge in [0.05, 0.1) is 5.75 Å². The first-order valence-corrected chi connectivity index (χ1v) is 8.89. The van der Waals surface area contributed by atoms with E-state index < -0.39 is 10.0 Å². The van der Waals surface area contributed by atoms with Gasteiger partial charge in [-0.25, -0.2) is 13.6 Å². The molecule has 0 unspecified atom stereocenters. The Balaban J connectivity index is 1.78. The lowest BCUT2D eigenvalue weighted by Gasteiger charge is -2.16. The molecule has 1 fully saturated rings. The monoisotopic (exact) mass is 302 g/mol. The first kappa shape index (κ1) is 14.5. The zero-order valence-electron chi connectivity index (χ0n) is 10.6. The first-order chi connectivity index (χ1) is 8.94. The molecule has 1 aromatic rings. The second-order valence-electron chi connectivity index (χ2n) is 4.96. The van der Waals surface area contributed by atoms with E-state index in [1.807, 2.05) is 16.8 Å². The highest BCUT2D eigenvalue weighted by molar-refractivity contribution is 7.89. The van der Waals surface area contributed by atoms with Crippen LogP contribution >= 0.6 is 11.3 Å². The van der Waals surface area contributed by atoms with Gasteiger partial charge in [0.25, 0.3) is 0 Å². The molecule has 1 aromatic heterocycles. The molecule has 0 saturated carbocycles. The Bertz CT molecular complexity index is 525. The molecule has 106 valence electrons. The van der Waals surface area contributed by atoms with E-state index in [1.54, 1.807) is 16.2 Å². The van der Waals surface area contributed by atoms with Crippen LogP contribution in [0.1, 0.15) is 18.4 Å². The molecule has 2 N–H and O–H groups in total. The van der Waals surface area contributed by atoms with Crippen molar-refractivity contribution in [3.63, 3.8) is 0 Å². The lowest BCUT2D eigenvalue weighted by molar-refractivity contribution is -0.130. The third-order valence-electron chi connectivity index (χ3n) is 3.31. The number of primary sulfonamides is 1. The topological polar surface area (TPSA) is 80.5 Å². The average Bonchev–Trinajstić information content (AvgIpc) is 2.94. The molecule has 19 heavy (non-hydrogen) atoms. The average molecular weight is 302 g/mol. The quantitative estimate of drug-likeness (QED) is 0.874. The Morgan fingerprint density at radius 1 is 1.53 bits per heavy atom. The summed E-state index contributed by atoms with van der Waals surface area (Å²) in [4.78, 5) is 13.8. The molecule has 1 saturated heterocycles. The van der Waals surface area contributed by atoms with Gasteiger partial charge < -0.3 is 4.90 Å². The van der Waals surface area contributed by atoms with E-state index in [4.69, 9.17) is 5.14 Å². The third kappa shape index (κ3) is 4.59. The highest BCUT2D eigenvalue weighted by atomic mass is 32.2. The van der Waals surface area contributed by atoms with Crippen molar-refractivity contribution in [2.45, 2.75) is 19.3 Å². The lowest BCUT2D eigenvalue weighted by atomic mass is 10.1. The number of aryl methyl sites for hydroxylation is 1. The van der Waals surface area contributed by atoms with Gasteiger partial charge in [0, 0.05) is 19.5 Å². The van der Waals surface area contributed by atoms with Crippen LogP contribution in [-0.2, 0) is 21.2 Å². The van der Waals surface area contributed by atoms with Crippen LogP contribution in [-0.4, -0.2) is 38.1 Å². The standard InChI is InChI=1S/C12H18N2O3S2/c13-19(16,17)9-11-3-5-14(7-11)12(15)2-1-10-4-6-18-8-10/h4,6,8,11H,1-3,5,7,9H2,(H2,13,16,17)/t11-/m1/s1. The van der Waals surface area contributed by atoms with Gasteiger partial charge in [-0.1, -0.05) is 0 Å². The zero-order chi connectivity index (χ0) is 13.9. The number of rotatable bonds is 5. The number of sulfonamides is 1. The van der Waals surface area contributed by atoms with E-state index in [2.05, 4.69) is 0 Å². The van der Waals surface area contributed by atoms with E-state index >= 15 is 0 Å². The normalized spacial score (nSPS) is 19.8. The summed E-state index contributed by atoms with van der Waals surface area (Å²) in [6.45, 7) is 1.15. The Morgan fingerprint density at radius 3 is 2.95 bits per heavy atom. The van der Waals surface area contributed by atoms with Gasteiger partial charge in [-0.05, 0) is 41.1 Å². The smallest absolute Gasteiger partial charge is 0.222 e. The van der Waals surface area contributed by atoms with E-state index in [1.165, 1.54) is 5.56 Å². The number of likely N-dealkylation sites (tertiary alicyclic amines) is 1. The van der Waals surface area contributed by atoms with E-state index in [0.717, 1.165) is 12.8 Å². The van der Waals surface area contributed by atoms with Crippen molar-refractivity contribution in [2.75, 3.05) is 18.8 Å². The fourth-order valence-corrected chi connectivity index (χ4v) is 4.00. The summed E-state index contributed by atoms with van der Waals surface area (Å²) in [5.41, 5.74) is 1.18. The van der Waals surface area contributed by atoms with Gasteiger partial charge in [0.15, 0.2) is 0 Å². The lowest BCUT2D eigenvalue weighted by Crippen LogP contribution is -2.30. The predicted octanol–water partition coefficient (Wildman–Crippen LogP) is 0.818. The van der Waals surface area contributed by atoms with E-state index in [0.29, 0.717) is 19.5 Å². The van der Waals surface area contributed by atoms with Crippen molar-refractivity contribution in [3.8, 4) is 0 Å². The Hall–Kier alpha value is -0.920. The Labute approximate surface area is 117 Å². The molecule has 1 atom stereocenters. The van der Waals surface area contributed by atoms with Gasteiger partial charge in [-0.2, -0.15) is 11.3 Å². The molecule has 0 bridgehead atoms. The molecule has 2 heterocycles. The minimum Gasteiger partial charge on any atom is -0.342 e. The second-order valence-corrected chi connectivity index (χ2v) is 7.39. The number of nitrogens with two attached hydrogens (primary N) is 1. The molecule has 0 radical (unpaired) electrons. The van der Waals surface area contributed by atoms with Gasteiger partial charge in [0.1, 0.15) is 0 Å². The number of hydrogen-bond acceptors (Lipinski definition) is 4. The van der Waals surface area contributed by atoms with Crippen LogP contribution < -0.4 is 5.14 Å². The van der Waals surface area contributed by atoms with Crippen molar-refractivity contribution in [1.82, 2.24) is 4.90 Å². The summed E-state index contributed by atoms with van der Waals surface area (Å²) in [6.07, 6.45) is 1.96. The van der Waals surface area contributed by atoms with Crippen molar-refractivity contribution < 1.29 is 13.2 Å². The van der Waals surface area contributed by atoms with Crippen LogP contribution in [0.5, 0.6) is 0 Å². The molecule has 2 rings (SSSR count). The summed E-state index contributed by atoms with van der Waals surface area (Å²) in [5.74, 6) is 0.0598. The number of nitrogens with zero attached hydrogens (tertiary/aromatic N) is 1. The fraction of sp³-hybridized carbons (Fsp3) is 0.583. The van der Waals surface area contributed by atoms with Crippen LogP contribution in [0.4, 0.5) is 0 Å². The van der Waals surface area contributed by atoms with Crippen molar-refractivity contribution in [1.29, 1.82) is 0 Å². The maximum Gasteiger partial charge on any atom is 0.222 e. The predicted molar refractivity (Wildman–Crippen MR) is 75.3 cm³/mol. The van der Waals surface area contributed by atoms with Crippen LogP contribution in [0, 0.1) is 5.92 Å². The molecule has 0 aliphatic carbocycles. The Kier molecular flexibility index (Phi) is 4.59. The molecular formula is C12H18N2O3S2. The van der Waals surface area contributed by atoms with E-state index in [-0.39, 0.29) is 17.6 Å². The number of carbonyl (C=O) groups excluding carboxylic acids is 1. The zero-order valence-corrected chi connectivity index (χ0v) is 12.3. The van der Waals surface area contributed by atoms with Gasteiger partial charge in [-0.15, -0.1) is 0 Å². The molecule has 7 heteroatoms. The summed E-state index contributed by atoms with van der Waals surface area (Å²) in [7, 11) is -3.44. The summed E-state index contributed by atoms with van der Waals surface area (Å²) in [6, 6.07) is 2.02. The summed E-state index contributed by atoms with van der Waals surface area (Å²) >= 11 is 1.62. The minimum atomic E-state index is -3.44. The molecule has 1 aliphatic rings. The molecule has 5 nitrogen and oxygen atoms in total. The number of thiophene rings is 1. The van der Waals surface area contributed by atoms with Crippen molar-refractivity contribution in [2.24, 2.45) is 11.1 Å². The minimum absolute atomic E-state index is 0.0138. The largest absolute Gasteiger partial charge is 0.342 e. The second kappa shape index (κ2) is 6.02. The van der Waals surface area contributed by atoms with Crippen LogP contribution in [0.15, 0.2) is 16.8 Å². The van der Waals surface area contributed by atoms with Crippen LogP contribution in [0.25, 0.3) is 0 Å². The van der Waals surface area contributed by atoms with Crippen LogP contribution in [0.2, 0.25) is 0 Å². The molecule has 1 aliphatic heterocycles. The molecule has 0 spiro atoms. The molecule has 1 amide bonds. The number of hydrogen-bond donors (Lipinski definition) is 1. The molecular weight excluding hydrogens is 284 g/mol. The van der Waals surface area contributed by atoms with Crippen molar-refractivity contribution >= 4 is 27.3 Å². The van der Waals surface area contributed by atoms with Crippen LogP contribution in [0.3, 0.4) is 0 Å². The van der Waals surface area contributed by atoms with Crippen molar-refractivity contribution in [3.05, 3.63) is 22.4 Å². The SMILES string of the molecule is NS(=O)(=O)C[C@@H]1CCN(C(=O)CCc2ccsc2)C1. The van der Waals surface area contributed by atoms with Gasteiger partial charge >= 0.3 is 0 Å². The number of carbonyl (C=O) groups is 1. The maximum atomic E-state index is 12.0. The van der Waals surface area contributed by atoms with Gasteiger partial charge in [0.2, 0.25) is 15.9 Å². The highest BCUT2D eigenvalue weighted by Crippen LogP contribution is 2.19. The Morgan fingerprint density at radius 2 is 2.32 bits per heavy atom. The highest BCUT2D eigenvalue weighted by Gasteiger charge is 2.28. The molecule has 0 aromatic carbocycles.